The Kier molecular flexibility index (Phi) is 20.4. The molecule has 0 bridgehead atoms. The van der Waals surface area contributed by atoms with Crippen molar-refractivity contribution >= 4 is 29.5 Å². The molecule has 0 aliphatic rings. The Morgan fingerprint density at radius 1 is 0.648 bits per heavy atom. The van der Waals surface area contributed by atoms with Crippen LogP contribution >= 0.6 is 0 Å². The molecule has 0 rings (SSSR count). The van der Waals surface area contributed by atoms with Gasteiger partial charge in [-0.2, -0.15) is 0 Å². The Hall–Kier alpha value is -2.29. The highest BCUT2D eigenvalue weighted by Gasteiger charge is 2.52. The Morgan fingerprint density at radius 2 is 1.15 bits per heavy atom. The van der Waals surface area contributed by atoms with Crippen molar-refractivity contribution in [2.75, 3.05) is 20.6 Å². The number of ketones is 2. The van der Waals surface area contributed by atoms with E-state index in [1.807, 2.05) is 102 Å². The largest absolute Gasteiger partial charge is 0.461 e. The minimum atomic E-state index is -0.953. The van der Waals surface area contributed by atoms with Gasteiger partial charge in [-0.1, -0.05) is 95.9 Å². The maximum absolute atomic E-state index is 14.0. The second-order valence-corrected chi connectivity index (χ2v) is 20.3. The van der Waals surface area contributed by atoms with Crippen molar-refractivity contribution in [1.29, 1.82) is 0 Å². The van der Waals surface area contributed by atoms with Crippen molar-refractivity contribution in [3.05, 3.63) is 0 Å². The molecule has 0 aliphatic heterocycles. The fourth-order valence-corrected chi connectivity index (χ4v) is 8.91. The van der Waals surface area contributed by atoms with Gasteiger partial charge in [-0.25, -0.2) is 0 Å². The summed E-state index contributed by atoms with van der Waals surface area (Å²) in [6.07, 6.45) is 4.70. The van der Waals surface area contributed by atoms with Crippen LogP contribution in [0.25, 0.3) is 0 Å². The summed E-state index contributed by atoms with van der Waals surface area (Å²) < 4.78 is 18.1. The third-order valence-electron chi connectivity index (χ3n) is 11.2. The first-order chi connectivity index (χ1) is 24.4. The number of nitrogens with zero attached hydrogens (tertiary/aromatic N) is 1. The highest BCUT2D eigenvalue weighted by atomic mass is 16.6. The molecule has 316 valence electrons. The lowest BCUT2D eigenvalue weighted by atomic mass is 9.58. The van der Waals surface area contributed by atoms with Crippen LogP contribution in [0, 0.1) is 33.5 Å². The van der Waals surface area contributed by atoms with Gasteiger partial charge in [0.1, 0.15) is 41.7 Å². The topological polar surface area (TPSA) is 116 Å². The van der Waals surface area contributed by atoms with Crippen LogP contribution in [-0.2, 0) is 38.2 Å². The lowest BCUT2D eigenvalue weighted by molar-refractivity contribution is -0.174. The van der Waals surface area contributed by atoms with E-state index in [-0.39, 0.29) is 36.8 Å². The lowest BCUT2D eigenvalue weighted by Gasteiger charge is -2.50. The van der Waals surface area contributed by atoms with Crippen LogP contribution in [0.5, 0.6) is 0 Å². The van der Waals surface area contributed by atoms with Gasteiger partial charge in [0.05, 0.1) is 0 Å². The molecule has 0 aliphatic carbocycles. The highest BCUT2D eigenvalue weighted by Crippen LogP contribution is 2.51. The van der Waals surface area contributed by atoms with E-state index in [1.54, 1.807) is 0 Å². The third kappa shape index (κ3) is 18.1. The summed E-state index contributed by atoms with van der Waals surface area (Å²) in [5.41, 5.74) is -4.70. The van der Waals surface area contributed by atoms with Gasteiger partial charge in [0, 0.05) is 28.1 Å². The second-order valence-electron chi connectivity index (χ2n) is 20.3. The summed E-state index contributed by atoms with van der Waals surface area (Å²) in [6, 6.07) is 0. The van der Waals surface area contributed by atoms with E-state index in [4.69, 9.17) is 14.2 Å². The first-order valence-electron chi connectivity index (χ1n) is 20.7. The fourth-order valence-electron chi connectivity index (χ4n) is 8.91. The van der Waals surface area contributed by atoms with E-state index in [9.17, 15) is 24.0 Å². The SMILES string of the molecule is CCCC(C)CC(C)(C)OC(=O)CC(=O)C(C)(C)CC(C)(CC)C(OC(=O)CCCN(C)C)C(C)(C)CC(C)(CC)C(=O)CC(=O)OC(C)(C)CC(C)C. The Morgan fingerprint density at radius 3 is 1.59 bits per heavy atom. The monoisotopic (exact) mass is 766 g/mol. The van der Waals surface area contributed by atoms with Crippen molar-refractivity contribution in [1.82, 2.24) is 4.90 Å². The number of hydrogen-bond acceptors (Lipinski definition) is 9. The Bertz CT molecular complexity index is 1230. The van der Waals surface area contributed by atoms with Crippen LogP contribution in [0.3, 0.4) is 0 Å². The summed E-state index contributed by atoms with van der Waals surface area (Å²) in [6.45, 7) is 32.3. The summed E-state index contributed by atoms with van der Waals surface area (Å²) >= 11 is 0. The van der Waals surface area contributed by atoms with E-state index in [0.29, 0.717) is 56.8 Å². The molecule has 0 saturated heterocycles. The molecule has 0 amide bonds. The number of hydrogen-bond donors (Lipinski definition) is 0. The number of carbonyl (C=O) groups excluding carboxylic acids is 5. The first kappa shape index (κ1) is 51.7. The average molecular weight is 766 g/mol. The minimum absolute atomic E-state index is 0.210. The van der Waals surface area contributed by atoms with Crippen molar-refractivity contribution in [3.63, 3.8) is 0 Å². The van der Waals surface area contributed by atoms with E-state index in [0.717, 1.165) is 19.4 Å². The van der Waals surface area contributed by atoms with Gasteiger partial charge in [0.25, 0.3) is 0 Å². The number of esters is 3. The molecule has 54 heavy (non-hydrogen) atoms. The summed E-state index contributed by atoms with van der Waals surface area (Å²) in [5, 5.41) is 0. The van der Waals surface area contributed by atoms with E-state index < -0.39 is 50.9 Å². The molecule has 0 saturated carbocycles. The van der Waals surface area contributed by atoms with Gasteiger partial charge >= 0.3 is 17.9 Å². The molecule has 0 fully saturated rings. The first-order valence-corrected chi connectivity index (χ1v) is 20.7. The molecule has 0 aromatic carbocycles. The van der Waals surface area contributed by atoms with Crippen molar-refractivity contribution in [2.45, 2.75) is 205 Å². The molecule has 9 nitrogen and oxygen atoms in total. The summed E-state index contributed by atoms with van der Waals surface area (Å²) in [5.74, 6) is -1.13. The number of Topliss-reactive ketones (excluding diaryl/α,β-unsaturated/α-hetero) is 2. The van der Waals surface area contributed by atoms with Crippen molar-refractivity contribution in [3.8, 4) is 0 Å². The molecular weight excluding hydrogens is 682 g/mol. The number of carbonyl (C=O) groups is 5. The Balaban J connectivity index is 6.53. The molecule has 4 unspecified atom stereocenters. The third-order valence-corrected chi connectivity index (χ3v) is 11.2. The minimum Gasteiger partial charge on any atom is -0.461 e. The second kappa shape index (κ2) is 21.3. The molecular formula is C45H83NO8. The predicted molar refractivity (Wildman–Crippen MR) is 219 cm³/mol. The fraction of sp³-hybridized carbons (Fsp3) is 0.889. The summed E-state index contributed by atoms with van der Waals surface area (Å²) in [4.78, 5) is 69.7. The molecule has 0 spiro atoms. The van der Waals surface area contributed by atoms with Crippen molar-refractivity contribution in [2.24, 2.45) is 33.5 Å². The quantitative estimate of drug-likeness (QED) is 0.0458. The van der Waals surface area contributed by atoms with Gasteiger partial charge in [-0.3, -0.25) is 24.0 Å². The van der Waals surface area contributed by atoms with Crippen LogP contribution in [-0.4, -0.2) is 72.3 Å². The molecule has 0 N–H and O–H groups in total. The maximum Gasteiger partial charge on any atom is 0.313 e. The zero-order valence-electron chi connectivity index (χ0n) is 38.1. The molecule has 0 radical (unpaired) electrons. The lowest BCUT2D eigenvalue weighted by Crippen LogP contribution is -2.51. The van der Waals surface area contributed by atoms with Crippen LogP contribution in [0.1, 0.15) is 188 Å². The smallest absolute Gasteiger partial charge is 0.313 e. The van der Waals surface area contributed by atoms with Gasteiger partial charge in [0.15, 0.2) is 0 Å². The van der Waals surface area contributed by atoms with Crippen LogP contribution in [0.2, 0.25) is 0 Å². The normalized spacial score (nSPS) is 16.3. The van der Waals surface area contributed by atoms with Crippen LogP contribution < -0.4 is 0 Å². The van der Waals surface area contributed by atoms with Gasteiger partial charge in [-0.15, -0.1) is 0 Å². The van der Waals surface area contributed by atoms with Crippen LogP contribution in [0.15, 0.2) is 0 Å². The zero-order valence-corrected chi connectivity index (χ0v) is 38.1. The average Bonchev–Trinajstić information content (AvgIpc) is 2.97. The number of ether oxygens (including phenoxy) is 3. The van der Waals surface area contributed by atoms with E-state index in [2.05, 4.69) is 27.7 Å². The van der Waals surface area contributed by atoms with Gasteiger partial charge in [-0.05, 0) is 105 Å². The van der Waals surface area contributed by atoms with Crippen LogP contribution in [0.4, 0.5) is 0 Å². The standard InChI is InChI=1S/C45H83NO8/c1-19-23-33(6)29-43(13,14)54-37(50)26-34(47)40(7,8)30-45(16,21-3)39(52-36(49)24-22-25-46(17)18)41(9,10)31-44(15,20-2)35(48)27-38(51)53-42(11,12)28-32(4)5/h32-33,39H,19-31H2,1-18H3. The molecule has 0 heterocycles. The zero-order chi connectivity index (χ0) is 42.5. The molecule has 4 atom stereocenters. The predicted octanol–water partition coefficient (Wildman–Crippen LogP) is 10.3. The summed E-state index contributed by atoms with van der Waals surface area (Å²) in [7, 11) is 3.91. The highest BCUT2D eigenvalue weighted by molar-refractivity contribution is 5.99. The Labute approximate surface area is 331 Å². The maximum atomic E-state index is 14.0. The van der Waals surface area contributed by atoms with E-state index >= 15 is 0 Å². The van der Waals surface area contributed by atoms with Crippen molar-refractivity contribution < 1.29 is 38.2 Å². The molecule has 0 aromatic heterocycles. The number of rotatable bonds is 27. The van der Waals surface area contributed by atoms with Gasteiger partial charge in [0.2, 0.25) is 0 Å². The van der Waals surface area contributed by atoms with E-state index in [1.165, 1.54) is 0 Å². The molecule has 9 heteroatoms. The molecule has 0 aromatic rings. The van der Waals surface area contributed by atoms with Gasteiger partial charge < -0.3 is 19.1 Å².